The van der Waals surface area contributed by atoms with Crippen LogP contribution in [0.2, 0.25) is 0 Å². The minimum atomic E-state index is 0.550. The first-order valence-electron chi connectivity index (χ1n) is 20.8. The first kappa shape index (κ1) is 34.5. The van der Waals surface area contributed by atoms with E-state index in [2.05, 4.69) is 140 Å². The Morgan fingerprint density at radius 3 is 1.56 bits per heavy atom. The standard InChI is InChI=1S/C57H33N3O2/c1-2-13-34(14-3-1)55-58-56(60-57(59-55)47-24-11-23-46-45-21-8-9-25-50(45)62-54(46)47)38-16-10-15-37(31-38)39-22-12-26-52-53(39)49-33-36(28-30-51(49)61-52)35-27-29-44-42-19-5-4-17-40(42)41-18-6-7-20-43(41)48(44)32-35/h1-33H. The summed E-state index contributed by atoms with van der Waals surface area (Å²) in [4.78, 5) is 15.3. The van der Waals surface area contributed by atoms with E-state index in [0.29, 0.717) is 17.5 Å². The van der Waals surface area contributed by atoms with Crippen molar-refractivity contribution >= 4 is 76.2 Å². The molecule has 3 heterocycles. The second-order valence-electron chi connectivity index (χ2n) is 15.9. The van der Waals surface area contributed by atoms with E-state index in [0.717, 1.165) is 82.8 Å². The average Bonchev–Trinajstić information content (AvgIpc) is 3.92. The lowest BCUT2D eigenvalue weighted by Gasteiger charge is -2.12. The van der Waals surface area contributed by atoms with Crippen molar-refractivity contribution in [3.8, 4) is 56.4 Å². The number of rotatable bonds is 5. The Morgan fingerprint density at radius 2 is 0.774 bits per heavy atom. The molecule has 5 nitrogen and oxygen atoms in total. The van der Waals surface area contributed by atoms with Gasteiger partial charge >= 0.3 is 0 Å². The van der Waals surface area contributed by atoms with Crippen LogP contribution in [0, 0.1) is 0 Å². The molecular formula is C57H33N3O2. The van der Waals surface area contributed by atoms with Crippen LogP contribution < -0.4 is 0 Å². The van der Waals surface area contributed by atoms with Crippen molar-refractivity contribution in [2.45, 2.75) is 0 Å². The number of fused-ring (bicyclic) bond motifs is 12. The van der Waals surface area contributed by atoms with Gasteiger partial charge in [-0.25, -0.2) is 15.0 Å². The van der Waals surface area contributed by atoms with Gasteiger partial charge in [0.1, 0.15) is 22.3 Å². The van der Waals surface area contributed by atoms with Crippen LogP contribution in [0.1, 0.15) is 0 Å². The quantitative estimate of drug-likeness (QED) is 0.162. The van der Waals surface area contributed by atoms with E-state index in [9.17, 15) is 0 Å². The van der Waals surface area contributed by atoms with Crippen LogP contribution in [-0.2, 0) is 0 Å². The predicted octanol–water partition coefficient (Wildman–Crippen LogP) is 15.5. The third-order valence-corrected chi connectivity index (χ3v) is 12.3. The normalized spacial score (nSPS) is 11.9. The highest BCUT2D eigenvalue weighted by Crippen LogP contribution is 2.42. The Balaban J connectivity index is 0.957. The van der Waals surface area contributed by atoms with Gasteiger partial charge in [0.15, 0.2) is 17.5 Å². The molecule has 0 fully saturated rings. The number of aromatic nitrogens is 3. The molecule has 0 spiro atoms. The fourth-order valence-corrected chi connectivity index (χ4v) is 9.43. The summed E-state index contributed by atoms with van der Waals surface area (Å²) in [5, 5.41) is 11.8. The molecule has 0 saturated carbocycles. The maximum atomic E-state index is 6.54. The van der Waals surface area contributed by atoms with Crippen LogP contribution in [0.3, 0.4) is 0 Å². The maximum Gasteiger partial charge on any atom is 0.167 e. The highest BCUT2D eigenvalue weighted by atomic mass is 16.3. The fourth-order valence-electron chi connectivity index (χ4n) is 9.43. The monoisotopic (exact) mass is 791 g/mol. The minimum Gasteiger partial charge on any atom is -0.456 e. The van der Waals surface area contributed by atoms with Crippen molar-refractivity contribution in [1.82, 2.24) is 15.0 Å². The molecule has 0 N–H and O–H groups in total. The number of furan rings is 2. The summed E-state index contributed by atoms with van der Waals surface area (Å²) in [6, 6.07) is 69.9. The largest absolute Gasteiger partial charge is 0.456 e. The summed E-state index contributed by atoms with van der Waals surface area (Å²) in [5.41, 5.74) is 10.3. The van der Waals surface area contributed by atoms with Crippen LogP contribution in [0.4, 0.5) is 0 Å². The lowest BCUT2D eigenvalue weighted by Crippen LogP contribution is -2.00. The molecule has 3 aromatic heterocycles. The van der Waals surface area contributed by atoms with Crippen molar-refractivity contribution in [1.29, 1.82) is 0 Å². The van der Waals surface area contributed by atoms with Gasteiger partial charge < -0.3 is 8.83 Å². The molecule has 0 atom stereocenters. The highest BCUT2D eigenvalue weighted by molar-refractivity contribution is 6.26. The molecule has 0 aliphatic heterocycles. The van der Waals surface area contributed by atoms with E-state index < -0.39 is 0 Å². The van der Waals surface area contributed by atoms with E-state index in [1.807, 2.05) is 60.7 Å². The SMILES string of the molecule is c1ccc(-c2nc(-c3cccc(-c4cccc5oc6ccc(-c7ccc8c9ccccc9c9ccccc9c8c7)cc6c45)c3)nc(-c3cccc4c3oc3ccccc34)n2)cc1. The second kappa shape index (κ2) is 13.6. The molecule has 13 aromatic rings. The number of hydrogen-bond acceptors (Lipinski definition) is 5. The molecule has 5 heteroatoms. The summed E-state index contributed by atoms with van der Waals surface area (Å²) < 4.78 is 13.0. The Hall–Kier alpha value is -8.41. The van der Waals surface area contributed by atoms with E-state index in [1.54, 1.807) is 0 Å². The summed E-state index contributed by atoms with van der Waals surface area (Å²) in [6.45, 7) is 0. The van der Waals surface area contributed by atoms with Gasteiger partial charge in [0.25, 0.3) is 0 Å². The molecule has 62 heavy (non-hydrogen) atoms. The molecule has 0 radical (unpaired) electrons. The van der Waals surface area contributed by atoms with Crippen molar-refractivity contribution in [2.24, 2.45) is 0 Å². The Labute approximate surface area is 355 Å². The minimum absolute atomic E-state index is 0.550. The van der Waals surface area contributed by atoms with Crippen molar-refractivity contribution in [3.05, 3.63) is 200 Å². The van der Waals surface area contributed by atoms with Crippen LogP contribution in [-0.4, -0.2) is 15.0 Å². The molecule has 0 unspecified atom stereocenters. The van der Waals surface area contributed by atoms with Gasteiger partial charge in [-0.05, 0) is 97.0 Å². The molecule has 0 saturated heterocycles. The number of para-hydroxylation sites is 2. The zero-order chi connectivity index (χ0) is 40.7. The third-order valence-electron chi connectivity index (χ3n) is 12.3. The van der Waals surface area contributed by atoms with Crippen molar-refractivity contribution in [3.63, 3.8) is 0 Å². The van der Waals surface area contributed by atoms with Gasteiger partial charge in [0, 0.05) is 32.7 Å². The topological polar surface area (TPSA) is 65.0 Å². The first-order chi connectivity index (χ1) is 30.7. The van der Waals surface area contributed by atoms with Crippen molar-refractivity contribution < 1.29 is 8.83 Å². The van der Waals surface area contributed by atoms with E-state index >= 15 is 0 Å². The van der Waals surface area contributed by atoms with E-state index in [4.69, 9.17) is 23.8 Å². The van der Waals surface area contributed by atoms with Crippen LogP contribution >= 0.6 is 0 Å². The molecular weight excluding hydrogens is 759 g/mol. The van der Waals surface area contributed by atoms with Gasteiger partial charge in [-0.15, -0.1) is 0 Å². The smallest absolute Gasteiger partial charge is 0.167 e. The molecule has 10 aromatic carbocycles. The van der Waals surface area contributed by atoms with E-state index in [-0.39, 0.29) is 0 Å². The Kier molecular flexibility index (Phi) is 7.54. The molecule has 288 valence electrons. The maximum absolute atomic E-state index is 6.54. The Morgan fingerprint density at radius 1 is 0.258 bits per heavy atom. The molecule has 0 amide bonds. The zero-order valence-electron chi connectivity index (χ0n) is 33.2. The van der Waals surface area contributed by atoms with Gasteiger partial charge in [-0.3, -0.25) is 0 Å². The molecule has 0 bridgehead atoms. The fraction of sp³-hybridized carbons (Fsp3) is 0. The number of nitrogens with zero attached hydrogens (tertiary/aromatic N) is 3. The molecule has 0 aliphatic rings. The first-order valence-corrected chi connectivity index (χ1v) is 20.8. The summed E-state index contributed by atoms with van der Waals surface area (Å²) in [5.74, 6) is 1.72. The summed E-state index contributed by atoms with van der Waals surface area (Å²) >= 11 is 0. The Bertz CT molecular complexity index is 3900. The summed E-state index contributed by atoms with van der Waals surface area (Å²) in [7, 11) is 0. The predicted molar refractivity (Wildman–Crippen MR) is 254 cm³/mol. The van der Waals surface area contributed by atoms with Crippen LogP contribution in [0.15, 0.2) is 209 Å². The summed E-state index contributed by atoms with van der Waals surface area (Å²) in [6.07, 6.45) is 0. The lowest BCUT2D eigenvalue weighted by molar-refractivity contribution is 0.669. The number of benzene rings is 10. The van der Waals surface area contributed by atoms with E-state index in [1.165, 1.54) is 32.3 Å². The third kappa shape index (κ3) is 5.38. The van der Waals surface area contributed by atoms with Gasteiger partial charge in [0.05, 0.1) is 5.56 Å². The van der Waals surface area contributed by atoms with Gasteiger partial charge in [0.2, 0.25) is 0 Å². The van der Waals surface area contributed by atoms with Crippen LogP contribution in [0.25, 0.3) is 133 Å². The zero-order valence-corrected chi connectivity index (χ0v) is 33.2. The lowest BCUT2D eigenvalue weighted by atomic mass is 9.91. The van der Waals surface area contributed by atoms with Gasteiger partial charge in [-0.2, -0.15) is 0 Å². The second-order valence-corrected chi connectivity index (χ2v) is 15.9. The van der Waals surface area contributed by atoms with Gasteiger partial charge in [-0.1, -0.05) is 158 Å². The van der Waals surface area contributed by atoms with Crippen LogP contribution in [0.5, 0.6) is 0 Å². The number of hydrogen-bond donors (Lipinski definition) is 0. The average molecular weight is 792 g/mol. The highest BCUT2D eigenvalue weighted by Gasteiger charge is 2.20. The molecule has 13 rings (SSSR count). The van der Waals surface area contributed by atoms with Crippen molar-refractivity contribution in [2.75, 3.05) is 0 Å². The molecule has 0 aliphatic carbocycles.